The van der Waals surface area contributed by atoms with Gasteiger partial charge < -0.3 is 10.6 Å². The van der Waals surface area contributed by atoms with E-state index < -0.39 is 0 Å². The average Bonchev–Trinajstić information content (AvgIpc) is 1.64. The third kappa shape index (κ3) is 2.13. The fraction of sp³-hybridized carbons (Fsp3) is 0.333. The molecule has 0 unspecified atom stereocenters. The lowest BCUT2D eigenvalue weighted by molar-refractivity contribution is 0.764. The molecule has 0 fully saturated rings. The van der Waals surface area contributed by atoms with Crippen LogP contribution in [0.5, 0.6) is 0 Å². The topological polar surface area (TPSA) is 53.1 Å². The molecule has 0 bridgehead atoms. The lowest BCUT2D eigenvalue weighted by Gasteiger charge is -2.11. The minimum absolute atomic E-state index is 0.0926. The molecule has 0 amide bonds. The zero-order valence-corrected chi connectivity index (χ0v) is 6.09. The zero-order valence-electron chi connectivity index (χ0n) is 4.38. The Morgan fingerprint density at radius 1 is 1.88 bits per heavy atom. The molecule has 3 nitrogen and oxygen atoms in total. The fourth-order valence-electron chi connectivity index (χ4n) is 0.103. The molecular weight excluding hydrogens is 142 g/mol. The van der Waals surface area contributed by atoms with Gasteiger partial charge in [0.25, 0.3) is 0 Å². The molecule has 0 aromatic heterocycles. The second kappa shape index (κ2) is 2.88. The summed E-state index contributed by atoms with van der Waals surface area (Å²) in [4.78, 5) is 1.29. The highest BCUT2D eigenvalue weighted by Crippen LogP contribution is 1.88. The summed E-state index contributed by atoms with van der Waals surface area (Å²) in [5, 5.41) is 6.80. The average molecular weight is 149 g/mol. The number of nitrogens with zero attached hydrogens (tertiary/aromatic N) is 1. The van der Waals surface area contributed by atoms with Gasteiger partial charge in [0.2, 0.25) is 0 Å². The quantitative estimate of drug-likeness (QED) is 0.197. The summed E-state index contributed by atoms with van der Waals surface area (Å²) in [5.74, 6) is -0.0926. The number of thiol groups is 1. The molecule has 0 spiro atoms. The van der Waals surface area contributed by atoms with Gasteiger partial charge in [0.05, 0.1) is 0 Å². The van der Waals surface area contributed by atoms with Crippen LogP contribution in [0.25, 0.3) is 0 Å². The first-order valence-electron chi connectivity index (χ1n) is 1.86. The van der Waals surface area contributed by atoms with Gasteiger partial charge in [-0.1, -0.05) is 12.2 Å². The van der Waals surface area contributed by atoms with Crippen molar-refractivity contribution in [2.45, 2.75) is 0 Å². The molecule has 0 rings (SSSR count). The number of nitrogens with two attached hydrogens (primary N) is 1. The summed E-state index contributed by atoms with van der Waals surface area (Å²) in [6.07, 6.45) is 0. The smallest absolute Gasteiger partial charge is 0.193 e. The Hall–Kier alpha value is -0.290. The molecule has 0 saturated carbocycles. The monoisotopic (exact) mass is 149 g/mol. The molecule has 8 heavy (non-hydrogen) atoms. The van der Waals surface area contributed by atoms with E-state index >= 15 is 0 Å². The SMILES string of the molecule is CN(C(=N)N)C(=S)S. The van der Waals surface area contributed by atoms with Crippen molar-refractivity contribution in [2.24, 2.45) is 5.73 Å². The summed E-state index contributed by atoms with van der Waals surface area (Å²) in [6.45, 7) is 0. The van der Waals surface area contributed by atoms with Crippen molar-refractivity contribution in [2.75, 3.05) is 7.05 Å². The van der Waals surface area contributed by atoms with Crippen LogP contribution in [-0.4, -0.2) is 22.2 Å². The van der Waals surface area contributed by atoms with Gasteiger partial charge in [-0.2, -0.15) is 0 Å². The molecule has 3 N–H and O–H groups in total. The van der Waals surface area contributed by atoms with Gasteiger partial charge >= 0.3 is 0 Å². The van der Waals surface area contributed by atoms with E-state index in [1.54, 1.807) is 7.05 Å². The maximum Gasteiger partial charge on any atom is 0.193 e. The standard InChI is InChI=1S/C3H7N3S2/c1-6(2(4)5)3(7)8/h1H3,(H3,4,5)(H,7,8). The van der Waals surface area contributed by atoms with Crippen LogP contribution >= 0.6 is 24.8 Å². The van der Waals surface area contributed by atoms with Crippen LogP contribution in [0.4, 0.5) is 0 Å². The van der Waals surface area contributed by atoms with Gasteiger partial charge in [0.1, 0.15) is 4.32 Å². The first-order chi connectivity index (χ1) is 3.55. The van der Waals surface area contributed by atoms with Crippen LogP contribution in [-0.2, 0) is 0 Å². The molecule has 0 aliphatic rings. The minimum Gasteiger partial charge on any atom is -0.370 e. The first-order valence-corrected chi connectivity index (χ1v) is 2.72. The van der Waals surface area contributed by atoms with Crippen LogP contribution in [0, 0.1) is 5.41 Å². The van der Waals surface area contributed by atoms with E-state index in [1.165, 1.54) is 4.90 Å². The Balaban J connectivity index is 3.83. The van der Waals surface area contributed by atoms with Crippen LogP contribution in [0.3, 0.4) is 0 Å². The predicted molar refractivity (Wildman–Crippen MR) is 41.3 cm³/mol. The minimum atomic E-state index is -0.0926. The van der Waals surface area contributed by atoms with Crippen molar-refractivity contribution in [3.8, 4) is 0 Å². The fourth-order valence-corrected chi connectivity index (χ4v) is 0.309. The molecular formula is C3H7N3S2. The van der Waals surface area contributed by atoms with Crippen LogP contribution < -0.4 is 5.73 Å². The van der Waals surface area contributed by atoms with E-state index in [9.17, 15) is 0 Å². The molecule has 0 radical (unpaired) electrons. The van der Waals surface area contributed by atoms with E-state index in [0.717, 1.165) is 0 Å². The van der Waals surface area contributed by atoms with Crippen molar-refractivity contribution in [3.05, 3.63) is 0 Å². The Morgan fingerprint density at radius 3 is 2.25 bits per heavy atom. The number of nitrogens with one attached hydrogen (secondary N) is 1. The Morgan fingerprint density at radius 2 is 2.25 bits per heavy atom. The van der Waals surface area contributed by atoms with E-state index in [1.807, 2.05) is 0 Å². The molecule has 0 aromatic carbocycles. The summed E-state index contributed by atoms with van der Waals surface area (Å²) < 4.78 is 0.303. The number of hydrogen-bond donors (Lipinski definition) is 3. The molecule has 5 heteroatoms. The van der Waals surface area contributed by atoms with E-state index in [2.05, 4.69) is 24.8 Å². The largest absolute Gasteiger partial charge is 0.370 e. The lowest BCUT2D eigenvalue weighted by atomic mass is 10.8. The third-order valence-electron chi connectivity index (χ3n) is 0.648. The summed E-state index contributed by atoms with van der Waals surface area (Å²) in [6, 6.07) is 0. The first kappa shape index (κ1) is 7.71. The van der Waals surface area contributed by atoms with Crippen molar-refractivity contribution in [1.29, 1.82) is 5.41 Å². The van der Waals surface area contributed by atoms with Gasteiger partial charge in [-0.05, 0) is 0 Å². The van der Waals surface area contributed by atoms with Crippen molar-refractivity contribution < 1.29 is 0 Å². The maximum atomic E-state index is 6.80. The number of hydrogen-bond acceptors (Lipinski definition) is 2. The Labute approximate surface area is 58.8 Å². The molecule has 0 saturated heterocycles. The van der Waals surface area contributed by atoms with Gasteiger partial charge in [-0.25, -0.2) is 0 Å². The molecule has 0 heterocycles. The van der Waals surface area contributed by atoms with Crippen LogP contribution in [0.1, 0.15) is 0 Å². The van der Waals surface area contributed by atoms with Crippen LogP contribution in [0.2, 0.25) is 0 Å². The van der Waals surface area contributed by atoms with E-state index in [4.69, 9.17) is 11.1 Å². The van der Waals surface area contributed by atoms with Crippen LogP contribution in [0.15, 0.2) is 0 Å². The Bertz CT molecular complexity index is 108. The number of rotatable bonds is 0. The molecule has 0 aromatic rings. The zero-order chi connectivity index (χ0) is 6.73. The highest BCUT2D eigenvalue weighted by Gasteiger charge is 1.98. The van der Waals surface area contributed by atoms with Gasteiger partial charge in [-0.15, -0.1) is 12.6 Å². The van der Waals surface area contributed by atoms with Crippen molar-refractivity contribution >= 4 is 35.1 Å². The predicted octanol–water partition coefficient (Wildman–Crippen LogP) is 0.0264. The van der Waals surface area contributed by atoms with Gasteiger partial charge in [-0.3, -0.25) is 5.41 Å². The molecule has 0 aliphatic carbocycles. The van der Waals surface area contributed by atoms with E-state index in [0.29, 0.717) is 4.32 Å². The summed E-state index contributed by atoms with van der Waals surface area (Å²) in [5.41, 5.74) is 5.01. The second-order valence-electron chi connectivity index (χ2n) is 1.23. The highest BCUT2D eigenvalue weighted by atomic mass is 32.1. The second-order valence-corrected chi connectivity index (χ2v) is 2.34. The Kier molecular flexibility index (Phi) is 2.78. The van der Waals surface area contributed by atoms with Gasteiger partial charge in [0, 0.05) is 7.05 Å². The summed E-state index contributed by atoms with van der Waals surface area (Å²) in [7, 11) is 1.58. The number of thiocarbonyl (C=S) groups is 1. The summed E-state index contributed by atoms with van der Waals surface area (Å²) >= 11 is 8.33. The molecule has 0 atom stereocenters. The lowest BCUT2D eigenvalue weighted by Crippen LogP contribution is -2.34. The normalized spacial score (nSPS) is 8.25. The molecule has 46 valence electrons. The molecule has 0 aliphatic heterocycles. The highest BCUT2D eigenvalue weighted by molar-refractivity contribution is 8.11. The van der Waals surface area contributed by atoms with Gasteiger partial charge in [0.15, 0.2) is 5.96 Å². The number of guanidine groups is 1. The van der Waals surface area contributed by atoms with Crippen molar-refractivity contribution in [1.82, 2.24) is 4.90 Å². The maximum absolute atomic E-state index is 6.80. The third-order valence-corrected chi connectivity index (χ3v) is 1.22. The van der Waals surface area contributed by atoms with Crippen molar-refractivity contribution in [3.63, 3.8) is 0 Å². The van der Waals surface area contributed by atoms with E-state index in [-0.39, 0.29) is 5.96 Å².